The molecule has 0 fully saturated rings. The van der Waals surface area contributed by atoms with Gasteiger partial charge >= 0.3 is 0 Å². The molecule has 3 rings (SSSR count). The molecular weight excluding hydrogens is 319 g/mol. The number of fused-ring (bicyclic) bond motifs is 1. The van der Waals surface area contributed by atoms with Gasteiger partial charge in [-0.3, -0.25) is 0 Å². The molecule has 2 nitrogen and oxygen atoms in total. The number of halogens is 3. The Kier molecular flexibility index (Phi) is 2.84. The van der Waals surface area contributed by atoms with Gasteiger partial charge in [0.2, 0.25) is 0 Å². The average Bonchev–Trinajstić information content (AvgIpc) is 2.74. The minimum absolute atomic E-state index is 0.293. The Morgan fingerprint density at radius 1 is 1.17 bits per heavy atom. The average molecular weight is 326 g/mol. The maximum atomic E-state index is 13.1. The van der Waals surface area contributed by atoms with Crippen LogP contribution in [0.25, 0.3) is 22.4 Å². The third-order valence-corrected chi connectivity index (χ3v) is 3.45. The van der Waals surface area contributed by atoms with Gasteiger partial charge in [0.25, 0.3) is 0 Å². The first kappa shape index (κ1) is 11.7. The molecule has 3 aromatic rings. The molecule has 0 saturated carbocycles. The van der Waals surface area contributed by atoms with Crippen molar-refractivity contribution in [3.8, 4) is 11.4 Å². The number of rotatable bonds is 1. The molecule has 0 atom stereocenters. The van der Waals surface area contributed by atoms with Crippen molar-refractivity contribution in [3.05, 3.63) is 51.7 Å². The summed E-state index contributed by atoms with van der Waals surface area (Å²) in [5.74, 6) is 0.333. The van der Waals surface area contributed by atoms with Crippen molar-refractivity contribution in [2.24, 2.45) is 0 Å². The first-order valence-electron chi connectivity index (χ1n) is 5.24. The molecule has 2 aromatic carbocycles. The molecule has 0 unspecified atom stereocenters. The molecule has 0 bridgehead atoms. The fraction of sp³-hybridized carbons (Fsp3) is 0. The molecule has 0 spiro atoms. The highest BCUT2D eigenvalue weighted by molar-refractivity contribution is 9.10. The smallest absolute Gasteiger partial charge is 0.140 e. The number of benzene rings is 2. The predicted octanol–water partition coefficient (Wildman–Crippen LogP) is 4.78. The van der Waals surface area contributed by atoms with Crippen LogP contribution in [-0.2, 0) is 0 Å². The fourth-order valence-corrected chi connectivity index (χ4v) is 2.36. The summed E-state index contributed by atoms with van der Waals surface area (Å²) >= 11 is 9.52. The first-order chi connectivity index (χ1) is 8.63. The number of hydrogen-bond acceptors (Lipinski definition) is 1. The van der Waals surface area contributed by atoms with Crippen LogP contribution in [0.5, 0.6) is 0 Å². The summed E-state index contributed by atoms with van der Waals surface area (Å²) < 4.78 is 14.0. The third kappa shape index (κ3) is 2.02. The number of H-pyrrole nitrogens is 1. The van der Waals surface area contributed by atoms with E-state index in [0.29, 0.717) is 21.9 Å². The van der Waals surface area contributed by atoms with E-state index in [-0.39, 0.29) is 5.82 Å². The van der Waals surface area contributed by atoms with Gasteiger partial charge in [-0.25, -0.2) is 9.37 Å². The van der Waals surface area contributed by atoms with Crippen LogP contribution in [0.4, 0.5) is 4.39 Å². The number of aromatic amines is 1. The van der Waals surface area contributed by atoms with E-state index in [1.165, 1.54) is 12.1 Å². The van der Waals surface area contributed by atoms with Crippen molar-refractivity contribution >= 4 is 38.6 Å². The van der Waals surface area contributed by atoms with Gasteiger partial charge in [-0.05, 0) is 36.4 Å². The van der Waals surface area contributed by atoms with Crippen LogP contribution in [0.1, 0.15) is 0 Å². The van der Waals surface area contributed by atoms with Crippen molar-refractivity contribution in [3.63, 3.8) is 0 Å². The molecule has 1 heterocycles. The third-order valence-electron chi connectivity index (χ3n) is 2.63. The van der Waals surface area contributed by atoms with Crippen molar-refractivity contribution < 1.29 is 4.39 Å². The number of nitrogens with zero attached hydrogens (tertiary/aromatic N) is 1. The number of nitrogens with one attached hydrogen (secondary N) is 1. The highest BCUT2D eigenvalue weighted by atomic mass is 79.9. The summed E-state index contributed by atoms with van der Waals surface area (Å²) in [4.78, 5) is 7.46. The molecule has 0 saturated heterocycles. The van der Waals surface area contributed by atoms with Gasteiger partial charge < -0.3 is 4.98 Å². The second-order valence-electron chi connectivity index (χ2n) is 3.87. The second-order valence-corrected chi connectivity index (χ2v) is 5.19. The topological polar surface area (TPSA) is 28.7 Å². The lowest BCUT2D eigenvalue weighted by atomic mass is 10.2. The van der Waals surface area contributed by atoms with Crippen LogP contribution < -0.4 is 0 Å². The van der Waals surface area contributed by atoms with E-state index in [0.717, 1.165) is 10.0 Å². The molecule has 5 heteroatoms. The Labute approximate surface area is 116 Å². The van der Waals surface area contributed by atoms with Gasteiger partial charge in [-0.15, -0.1) is 0 Å². The first-order valence-corrected chi connectivity index (χ1v) is 6.41. The lowest BCUT2D eigenvalue weighted by Crippen LogP contribution is -1.82. The van der Waals surface area contributed by atoms with Crippen LogP contribution in [0.15, 0.2) is 40.9 Å². The van der Waals surface area contributed by atoms with Crippen LogP contribution in [0.2, 0.25) is 5.02 Å². The standard InChI is InChI=1S/C13H7BrClFN2/c14-7-1-3-10(15)9(5-7)13-17-11-4-2-8(16)6-12(11)18-13/h1-6H,(H,17,18). The van der Waals surface area contributed by atoms with Crippen molar-refractivity contribution in [1.82, 2.24) is 9.97 Å². The Morgan fingerprint density at radius 3 is 2.83 bits per heavy atom. The lowest BCUT2D eigenvalue weighted by molar-refractivity contribution is 0.629. The van der Waals surface area contributed by atoms with Crippen LogP contribution >= 0.6 is 27.5 Å². The van der Waals surface area contributed by atoms with E-state index in [1.54, 1.807) is 12.1 Å². The summed E-state index contributed by atoms with van der Waals surface area (Å²) in [5, 5.41) is 0.595. The zero-order chi connectivity index (χ0) is 12.7. The molecule has 0 aliphatic rings. The van der Waals surface area contributed by atoms with E-state index in [2.05, 4.69) is 25.9 Å². The van der Waals surface area contributed by atoms with Crippen LogP contribution in [0.3, 0.4) is 0 Å². The zero-order valence-electron chi connectivity index (χ0n) is 9.05. The van der Waals surface area contributed by atoms with Crippen molar-refractivity contribution in [1.29, 1.82) is 0 Å². The molecule has 0 aliphatic heterocycles. The van der Waals surface area contributed by atoms with Gasteiger partial charge in [0, 0.05) is 10.0 Å². The number of hydrogen-bond donors (Lipinski definition) is 1. The largest absolute Gasteiger partial charge is 0.338 e. The summed E-state index contributed by atoms with van der Waals surface area (Å²) in [6.45, 7) is 0. The predicted molar refractivity (Wildman–Crippen MR) is 74.2 cm³/mol. The van der Waals surface area contributed by atoms with Crippen LogP contribution in [-0.4, -0.2) is 9.97 Å². The van der Waals surface area contributed by atoms with E-state index < -0.39 is 0 Å². The second kappa shape index (κ2) is 4.37. The van der Waals surface area contributed by atoms with E-state index >= 15 is 0 Å². The Bertz CT molecular complexity index is 739. The monoisotopic (exact) mass is 324 g/mol. The SMILES string of the molecule is Fc1ccc2nc(-c3cc(Br)ccc3Cl)[nH]c2c1. The summed E-state index contributed by atoms with van der Waals surface area (Å²) in [7, 11) is 0. The maximum absolute atomic E-state index is 13.1. The van der Waals surface area contributed by atoms with Gasteiger partial charge in [-0.1, -0.05) is 27.5 Å². The maximum Gasteiger partial charge on any atom is 0.140 e. The van der Waals surface area contributed by atoms with E-state index in [4.69, 9.17) is 11.6 Å². The van der Waals surface area contributed by atoms with Gasteiger partial charge in [0.1, 0.15) is 11.6 Å². The Hall–Kier alpha value is -1.39. The quantitative estimate of drug-likeness (QED) is 0.685. The minimum atomic E-state index is -0.293. The van der Waals surface area contributed by atoms with Gasteiger partial charge in [-0.2, -0.15) is 0 Å². The van der Waals surface area contributed by atoms with Crippen LogP contribution in [0, 0.1) is 5.82 Å². The van der Waals surface area contributed by atoms with Gasteiger partial charge in [0.05, 0.1) is 16.1 Å². The molecule has 1 aromatic heterocycles. The normalized spacial score (nSPS) is 11.1. The lowest BCUT2D eigenvalue weighted by Gasteiger charge is -2.00. The molecule has 1 N–H and O–H groups in total. The molecule has 0 aliphatic carbocycles. The van der Waals surface area contributed by atoms with Crippen molar-refractivity contribution in [2.75, 3.05) is 0 Å². The molecule has 0 amide bonds. The summed E-state index contributed by atoms with van der Waals surface area (Å²) in [6, 6.07) is 9.95. The number of aromatic nitrogens is 2. The highest BCUT2D eigenvalue weighted by Crippen LogP contribution is 2.30. The van der Waals surface area contributed by atoms with Crippen molar-refractivity contribution in [2.45, 2.75) is 0 Å². The highest BCUT2D eigenvalue weighted by Gasteiger charge is 2.09. The van der Waals surface area contributed by atoms with E-state index in [9.17, 15) is 4.39 Å². The molecule has 0 radical (unpaired) electrons. The molecular formula is C13H7BrClFN2. The Balaban J connectivity index is 2.22. The summed E-state index contributed by atoms with van der Waals surface area (Å²) in [5.41, 5.74) is 2.14. The number of imidazole rings is 1. The zero-order valence-corrected chi connectivity index (χ0v) is 11.4. The fourth-order valence-electron chi connectivity index (χ4n) is 1.79. The molecule has 18 heavy (non-hydrogen) atoms. The molecule has 90 valence electrons. The van der Waals surface area contributed by atoms with Gasteiger partial charge in [0.15, 0.2) is 0 Å². The van der Waals surface area contributed by atoms with E-state index in [1.807, 2.05) is 12.1 Å². The minimum Gasteiger partial charge on any atom is -0.338 e. The Morgan fingerprint density at radius 2 is 2.00 bits per heavy atom. The summed E-state index contributed by atoms with van der Waals surface area (Å²) in [6.07, 6.45) is 0.